The number of nitrogens with zero attached hydrogens (tertiary/aromatic N) is 1. The Morgan fingerprint density at radius 3 is 2.60 bits per heavy atom. The predicted octanol–water partition coefficient (Wildman–Crippen LogP) is 2.34. The third kappa shape index (κ3) is 5.43. The van der Waals surface area contributed by atoms with Crippen LogP contribution in [0.25, 0.3) is 0 Å². The standard InChI is InChI=1S/C16H23NO3/c1-4-17(12-16(19)20-5-2)15(18)10-9-14-8-6-7-13(3)11-14/h6-8,11H,4-5,9-10,12H2,1-3H3. The van der Waals surface area contributed by atoms with Crippen molar-refractivity contribution < 1.29 is 14.3 Å². The van der Waals surface area contributed by atoms with Crippen LogP contribution in [0.1, 0.15) is 31.4 Å². The van der Waals surface area contributed by atoms with E-state index in [-0.39, 0.29) is 18.4 Å². The van der Waals surface area contributed by atoms with Crippen LogP contribution in [-0.4, -0.2) is 36.5 Å². The van der Waals surface area contributed by atoms with E-state index < -0.39 is 0 Å². The average Bonchev–Trinajstić information content (AvgIpc) is 2.42. The van der Waals surface area contributed by atoms with Gasteiger partial charge >= 0.3 is 5.97 Å². The summed E-state index contributed by atoms with van der Waals surface area (Å²) >= 11 is 0. The number of amides is 1. The number of carbonyl (C=O) groups is 2. The smallest absolute Gasteiger partial charge is 0.325 e. The van der Waals surface area contributed by atoms with Gasteiger partial charge in [-0.25, -0.2) is 0 Å². The molecule has 1 rings (SSSR count). The first-order valence-corrected chi connectivity index (χ1v) is 7.05. The molecule has 1 amide bonds. The Morgan fingerprint density at radius 1 is 1.25 bits per heavy atom. The van der Waals surface area contributed by atoms with Gasteiger partial charge in [-0.2, -0.15) is 0 Å². The van der Waals surface area contributed by atoms with Crippen LogP contribution in [0.4, 0.5) is 0 Å². The van der Waals surface area contributed by atoms with Crippen molar-refractivity contribution in [2.75, 3.05) is 19.7 Å². The largest absolute Gasteiger partial charge is 0.465 e. The Morgan fingerprint density at radius 2 is 2.00 bits per heavy atom. The van der Waals surface area contributed by atoms with Crippen molar-refractivity contribution in [3.05, 3.63) is 35.4 Å². The fourth-order valence-corrected chi connectivity index (χ4v) is 2.02. The molecular formula is C16H23NO3. The average molecular weight is 277 g/mol. The number of rotatable bonds is 7. The summed E-state index contributed by atoms with van der Waals surface area (Å²) in [6.07, 6.45) is 1.11. The van der Waals surface area contributed by atoms with Crippen LogP contribution in [0.5, 0.6) is 0 Å². The first-order valence-electron chi connectivity index (χ1n) is 7.05. The maximum Gasteiger partial charge on any atom is 0.325 e. The highest BCUT2D eigenvalue weighted by Crippen LogP contribution is 2.08. The second kappa shape index (κ2) is 8.35. The van der Waals surface area contributed by atoms with Crippen LogP contribution in [0.2, 0.25) is 0 Å². The zero-order valence-corrected chi connectivity index (χ0v) is 12.5. The second-order valence-corrected chi connectivity index (χ2v) is 4.70. The molecule has 0 atom stereocenters. The molecule has 4 heteroatoms. The molecule has 4 nitrogen and oxygen atoms in total. The minimum Gasteiger partial charge on any atom is -0.465 e. The van der Waals surface area contributed by atoms with Gasteiger partial charge in [0, 0.05) is 13.0 Å². The van der Waals surface area contributed by atoms with E-state index in [1.54, 1.807) is 6.92 Å². The predicted molar refractivity (Wildman–Crippen MR) is 78.4 cm³/mol. The highest BCUT2D eigenvalue weighted by atomic mass is 16.5. The summed E-state index contributed by atoms with van der Waals surface area (Å²) in [5.41, 5.74) is 2.33. The van der Waals surface area contributed by atoms with Gasteiger partial charge in [-0.15, -0.1) is 0 Å². The van der Waals surface area contributed by atoms with Gasteiger partial charge in [0.1, 0.15) is 6.54 Å². The van der Waals surface area contributed by atoms with Gasteiger partial charge in [-0.3, -0.25) is 9.59 Å². The number of carbonyl (C=O) groups excluding carboxylic acids is 2. The molecule has 1 aromatic carbocycles. The van der Waals surface area contributed by atoms with E-state index in [1.165, 1.54) is 10.5 Å². The maximum absolute atomic E-state index is 12.1. The number of ether oxygens (including phenoxy) is 1. The molecule has 20 heavy (non-hydrogen) atoms. The third-order valence-electron chi connectivity index (χ3n) is 3.07. The lowest BCUT2D eigenvalue weighted by molar-refractivity contribution is -0.148. The fraction of sp³-hybridized carbons (Fsp3) is 0.500. The summed E-state index contributed by atoms with van der Waals surface area (Å²) in [5, 5.41) is 0. The lowest BCUT2D eigenvalue weighted by Gasteiger charge is -2.19. The van der Waals surface area contributed by atoms with Gasteiger partial charge in [0.25, 0.3) is 0 Å². The number of aryl methyl sites for hydroxylation is 2. The maximum atomic E-state index is 12.1. The Kier molecular flexibility index (Phi) is 6.77. The molecule has 110 valence electrons. The van der Waals surface area contributed by atoms with E-state index in [0.717, 1.165) is 5.56 Å². The van der Waals surface area contributed by atoms with Crippen molar-refractivity contribution in [1.82, 2.24) is 4.90 Å². The van der Waals surface area contributed by atoms with Gasteiger partial charge in [-0.05, 0) is 32.8 Å². The van der Waals surface area contributed by atoms with Crippen molar-refractivity contribution in [2.24, 2.45) is 0 Å². The molecule has 1 aromatic rings. The van der Waals surface area contributed by atoms with Crippen LogP contribution >= 0.6 is 0 Å². The van der Waals surface area contributed by atoms with Gasteiger partial charge in [-0.1, -0.05) is 29.8 Å². The van der Waals surface area contributed by atoms with Gasteiger partial charge in [0.2, 0.25) is 5.91 Å². The summed E-state index contributed by atoms with van der Waals surface area (Å²) in [4.78, 5) is 25.0. The number of esters is 1. The van der Waals surface area contributed by atoms with Crippen molar-refractivity contribution in [1.29, 1.82) is 0 Å². The highest BCUT2D eigenvalue weighted by molar-refractivity contribution is 5.82. The van der Waals surface area contributed by atoms with Crippen LogP contribution in [0, 0.1) is 6.92 Å². The molecule has 0 saturated carbocycles. The number of likely N-dealkylation sites (N-methyl/N-ethyl adjacent to an activating group) is 1. The van der Waals surface area contributed by atoms with Crippen LogP contribution in [-0.2, 0) is 20.7 Å². The molecule has 0 aliphatic heterocycles. The summed E-state index contributed by atoms with van der Waals surface area (Å²) in [6.45, 7) is 6.55. The highest BCUT2D eigenvalue weighted by Gasteiger charge is 2.15. The monoisotopic (exact) mass is 277 g/mol. The minimum atomic E-state index is -0.349. The Hall–Kier alpha value is -1.84. The number of hydrogen-bond donors (Lipinski definition) is 0. The zero-order valence-electron chi connectivity index (χ0n) is 12.5. The fourth-order valence-electron chi connectivity index (χ4n) is 2.02. The van der Waals surface area contributed by atoms with E-state index >= 15 is 0 Å². The Labute approximate surface area is 120 Å². The molecular weight excluding hydrogens is 254 g/mol. The summed E-state index contributed by atoms with van der Waals surface area (Å²) in [6, 6.07) is 8.12. The van der Waals surface area contributed by atoms with Gasteiger partial charge in [0.15, 0.2) is 0 Å². The van der Waals surface area contributed by atoms with Crippen LogP contribution in [0.3, 0.4) is 0 Å². The SMILES string of the molecule is CCOC(=O)CN(CC)C(=O)CCc1cccc(C)c1. The first-order chi connectivity index (χ1) is 9.56. The quantitative estimate of drug-likeness (QED) is 0.719. The molecule has 0 spiro atoms. The van der Waals surface area contributed by atoms with Crippen LogP contribution in [0.15, 0.2) is 24.3 Å². The van der Waals surface area contributed by atoms with E-state index in [4.69, 9.17) is 4.74 Å². The molecule has 0 saturated heterocycles. The van der Waals surface area contributed by atoms with Crippen molar-refractivity contribution in [3.8, 4) is 0 Å². The molecule has 0 bridgehead atoms. The lowest BCUT2D eigenvalue weighted by atomic mass is 10.1. The molecule has 0 N–H and O–H groups in total. The lowest BCUT2D eigenvalue weighted by Crippen LogP contribution is -2.36. The summed E-state index contributed by atoms with van der Waals surface area (Å²) in [7, 11) is 0. The molecule has 0 fully saturated rings. The third-order valence-corrected chi connectivity index (χ3v) is 3.07. The topological polar surface area (TPSA) is 46.6 Å². The molecule has 0 radical (unpaired) electrons. The summed E-state index contributed by atoms with van der Waals surface area (Å²) in [5.74, 6) is -0.361. The van der Waals surface area contributed by atoms with Crippen LogP contribution < -0.4 is 0 Å². The van der Waals surface area contributed by atoms with Crippen molar-refractivity contribution >= 4 is 11.9 Å². The number of benzene rings is 1. The molecule has 0 heterocycles. The van der Waals surface area contributed by atoms with Gasteiger partial charge < -0.3 is 9.64 Å². The molecule has 0 aliphatic rings. The Bertz CT molecular complexity index is 457. The number of hydrogen-bond acceptors (Lipinski definition) is 3. The second-order valence-electron chi connectivity index (χ2n) is 4.70. The van der Waals surface area contributed by atoms with Gasteiger partial charge in [0.05, 0.1) is 6.61 Å². The van der Waals surface area contributed by atoms with E-state index in [9.17, 15) is 9.59 Å². The zero-order chi connectivity index (χ0) is 15.0. The first kappa shape index (κ1) is 16.2. The summed E-state index contributed by atoms with van der Waals surface area (Å²) < 4.78 is 4.87. The van der Waals surface area contributed by atoms with E-state index in [0.29, 0.717) is 26.0 Å². The Balaban J connectivity index is 2.49. The molecule has 0 aliphatic carbocycles. The normalized spacial score (nSPS) is 10.2. The molecule has 0 unspecified atom stereocenters. The van der Waals surface area contributed by atoms with Crippen molar-refractivity contribution in [3.63, 3.8) is 0 Å². The van der Waals surface area contributed by atoms with Crippen molar-refractivity contribution in [2.45, 2.75) is 33.6 Å². The van der Waals surface area contributed by atoms with E-state index in [2.05, 4.69) is 6.07 Å². The minimum absolute atomic E-state index is 0.0120. The van der Waals surface area contributed by atoms with E-state index in [1.807, 2.05) is 32.0 Å². The molecule has 0 aromatic heterocycles.